The Hall–Kier alpha value is 1.09. The van der Waals surface area contributed by atoms with Crippen LogP contribution in [0.1, 0.15) is 168 Å². The maximum atomic E-state index is 3.29. The van der Waals surface area contributed by atoms with Crippen molar-refractivity contribution < 1.29 is 14.5 Å². The molecule has 3 heteroatoms. The molecule has 222 valence electrons. The third-order valence-corrected chi connectivity index (χ3v) is 60.8. The van der Waals surface area contributed by atoms with Gasteiger partial charge in [0.15, 0.2) is 0 Å². The summed E-state index contributed by atoms with van der Waals surface area (Å²) in [5.41, 5.74) is 6.32. The monoisotopic (exact) mass is 648 g/mol. The maximum absolute atomic E-state index is 3.29. The fourth-order valence-electron chi connectivity index (χ4n) is 11.7. The van der Waals surface area contributed by atoms with E-state index in [0.29, 0.717) is 0 Å². The van der Waals surface area contributed by atoms with E-state index < -0.39 is 25.7 Å². The molecule has 0 aromatic heterocycles. The fourth-order valence-corrected chi connectivity index (χ4v) is 82.3. The molecule has 0 radical (unpaired) electrons. The van der Waals surface area contributed by atoms with Crippen LogP contribution >= 0.6 is 11.2 Å². The van der Waals surface area contributed by atoms with Gasteiger partial charge in [0.05, 0.1) is 0 Å². The molecule has 0 N–H and O–H groups in total. The number of hydrogen-bond donors (Lipinski definition) is 0. The minimum atomic E-state index is -1.43. The fraction of sp³-hybridized carbons (Fsp3) is 0.914. The zero-order valence-corrected chi connectivity index (χ0v) is 29.2. The van der Waals surface area contributed by atoms with Crippen LogP contribution in [0.3, 0.4) is 0 Å². The summed E-state index contributed by atoms with van der Waals surface area (Å²) in [6.07, 6.45) is 42.4. The van der Waals surface area contributed by atoms with Crippen molar-refractivity contribution in [1.82, 2.24) is 0 Å². The first-order chi connectivity index (χ1) is 18.7. The summed E-state index contributed by atoms with van der Waals surface area (Å²) < 4.78 is 3.29. The second kappa shape index (κ2) is 13.2. The second-order valence-electron chi connectivity index (χ2n) is 15.2. The van der Waals surface area contributed by atoms with Crippen molar-refractivity contribution in [3.8, 4) is 0 Å². The molecular formula is C35H64P2Ru. The van der Waals surface area contributed by atoms with E-state index in [1.54, 1.807) is 160 Å². The zero-order chi connectivity index (χ0) is 26.0. The molecule has 6 fully saturated rings. The van der Waals surface area contributed by atoms with Crippen molar-refractivity contribution in [3.63, 3.8) is 0 Å². The predicted octanol–water partition coefficient (Wildman–Crippen LogP) is 11.4. The Bertz CT molecular complexity index is 680. The molecule has 6 aliphatic carbocycles. The van der Waals surface area contributed by atoms with Gasteiger partial charge in [0, 0.05) is 0 Å². The Kier molecular flexibility index (Phi) is 10.1. The molecule has 0 aromatic carbocycles. The van der Waals surface area contributed by atoms with Crippen LogP contribution < -0.4 is 0 Å². The molecule has 0 aromatic rings. The molecule has 0 unspecified atom stereocenters. The molecular weight excluding hydrogens is 583 g/mol. The Morgan fingerprint density at radius 3 is 0.816 bits per heavy atom. The molecule has 6 saturated carbocycles. The van der Waals surface area contributed by atoms with Gasteiger partial charge in [-0.2, -0.15) is 0 Å². The molecule has 0 nitrogen and oxygen atoms in total. The Morgan fingerprint density at radius 1 is 0.421 bits per heavy atom. The van der Waals surface area contributed by atoms with Crippen molar-refractivity contribution in [1.29, 1.82) is 0 Å². The molecule has 0 spiro atoms. The average molecular weight is 648 g/mol. The number of allylic oxidation sites excluding steroid dienone is 2. The molecule has 6 rings (SSSR count). The Labute approximate surface area is 242 Å². The second-order valence-corrected chi connectivity index (χ2v) is 40.9. The van der Waals surface area contributed by atoms with Crippen LogP contribution in [0.2, 0.25) is 0 Å². The summed E-state index contributed by atoms with van der Waals surface area (Å²) in [5.74, 6) is 0. The SMILES string of the molecule is CC(C)=C[CH]=[Ru]([PH](C1CCCC1)(C1CCCC1)C1CCCC1)[PH](C1CCCC1)(C1CCCC1)C1CCCC1. The standard InChI is InChI=1S/2C15H27P.C5H8.Ru/c2*1-2-8-13(7-1)16(14-9-3-4-10-14)15-11-5-6-12-15;1-4-5(2)3;/h2*13-15H,1-12H2;1,4H,2-3H3;/q;;;-2/p+2. The quantitative estimate of drug-likeness (QED) is 0.173. The van der Waals surface area contributed by atoms with Crippen LogP contribution in [0.25, 0.3) is 0 Å². The molecule has 0 saturated heterocycles. The van der Waals surface area contributed by atoms with Gasteiger partial charge in [-0.25, -0.2) is 0 Å². The van der Waals surface area contributed by atoms with E-state index >= 15 is 0 Å². The number of hydrogen-bond acceptors (Lipinski definition) is 0. The van der Waals surface area contributed by atoms with Gasteiger partial charge in [-0.15, -0.1) is 0 Å². The molecule has 38 heavy (non-hydrogen) atoms. The van der Waals surface area contributed by atoms with E-state index in [4.69, 9.17) is 0 Å². The predicted molar refractivity (Wildman–Crippen MR) is 176 cm³/mol. The zero-order valence-electron chi connectivity index (χ0n) is 25.4. The summed E-state index contributed by atoms with van der Waals surface area (Å²) in [6.45, 7) is 4.91. The molecule has 0 amide bonds. The van der Waals surface area contributed by atoms with E-state index in [0.717, 1.165) is 0 Å². The van der Waals surface area contributed by atoms with E-state index in [1.165, 1.54) is 34.0 Å². The van der Waals surface area contributed by atoms with Gasteiger partial charge in [-0.05, 0) is 0 Å². The summed E-state index contributed by atoms with van der Waals surface area (Å²) in [4.78, 5) is 0. The first-order valence-corrected chi connectivity index (χ1v) is 28.2. The third-order valence-electron chi connectivity index (χ3n) is 13.0. The van der Waals surface area contributed by atoms with Crippen molar-refractivity contribution in [2.24, 2.45) is 0 Å². The first kappa shape index (κ1) is 29.2. The van der Waals surface area contributed by atoms with E-state index in [9.17, 15) is 0 Å². The van der Waals surface area contributed by atoms with Gasteiger partial charge < -0.3 is 0 Å². The summed E-state index contributed by atoms with van der Waals surface area (Å²) in [7, 11) is 0. The van der Waals surface area contributed by atoms with Crippen molar-refractivity contribution in [2.45, 2.75) is 202 Å². The van der Waals surface area contributed by atoms with Gasteiger partial charge in [-0.1, -0.05) is 0 Å². The average Bonchev–Trinajstić information content (AvgIpc) is 3.76. The molecule has 0 bridgehead atoms. The third kappa shape index (κ3) is 5.23. The summed E-state index contributed by atoms with van der Waals surface area (Å²) in [5, 5.41) is 0. The molecule has 0 atom stereocenters. The number of rotatable bonds is 9. The van der Waals surface area contributed by atoms with Crippen molar-refractivity contribution in [2.75, 3.05) is 0 Å². The van der Waals surface area contributed by atoms with Gasteiger partial charge in [0.25, 0.3) is 0 Å². The Balaban J connectivity index is 1.64. The van der Waals surface area contributed by atoms with Gasteiger partial charge in [0.2, 0.25) is 0 Å². The van der Waals surface area contributed by atoms with E-state index in [-0.39, 0.29) is 0 Å². The van der Waals surface area contributed by atoms with Crippen LogP contribution in [0.4, 0.5) is 0 Å². The first-order valence-electron chi connectivity index (χ1n) is 17.8. The van der Waals surface area contributed by atoms with Crippen LogP contribution in [0.5, 0.6) is 0 Å². The minimum absolute atomic E-state index is 1.10. The van der Waals surface area contributed by atoms with Crippen LogP contribution in [0, 0.1) is 0 Å². The summed E-state index contributed by atoms with van der Waals surface area (Å²) in [6, 6.07) is 0. The van der Waals surface area contributed by atoms with Gasteiger partial charge >= 0.3 is 244 Å². The van der Waals surface area contributed by atoms with E-state index in [1.807, 2.05) is 0 Å². The van der Waals surface area contributed by atoms with E-state index in [2.05, 4.69) is 24.5 Å². The van der Waals surface area contributed by atoms with Gasteiger partial charge in [0.1, 0.15) is 0 Å². The molecule has 6 aliphatic rings. The van der Waals surface area contributed by atoms with Crippen LogP contribution in [-0.2, 0) is 14.5 Å². The van der Waals surface area contributed by atoms with Crippen LogP contribution in [-0.4, -0.2) is 38.6 Å². The Morgan fingerprint density at radius 2 is 0.632 bits per heavy atom. The van der Waals surface area contributed by atoms with Gasteiger partial charge in [-0.3, -0.25) is 0 Å². The van der Waals surface area contributed by atoms with Crippen molar-refractivity contribution in [3.05, 3.63) is 11.6 Å². The van der Waals surface area contributed by atoms with Crippen molar-refractivity contribution >= 4 is 15.8 Å². The van der Waals surface area contributed by atoms with Crippen LogP contribution in [0.15, 0.2) is 11.6 Å². The molecule has 0 heterocycles. The normalized spacial score (nSPS) is 29.1. The molecule has 0 aliphatic heterocycles. The topological polar surface area (TPSA) is 0 Å². The summed E-state index contributed by atoms with van der Waals surface area (Å²) >= 11 is -1.10.